The summed E-state index contributed by atoms with van der Waals surface area (Å²) in [6.07, 6.45) is 6.63. The van der Waals surface area contributed by atoms with Gasteiger partial charge in [0.1, 0.15) is 0 Å². The zero-order valence-electron chi connectivity index (χ0n) is 80.2. The highest BCUT2D eigenvalue weighted by Crippen LogP contribution is 2.53. The van der Waals surface area contributed by atoms with E-state index in [9.17, 15) is 10.5 Å². The molecule has 1 saturated carbocycles. The van der Waals surface area contributed by atoms with Crippen LogP contribution in [0.1, 0.15) is 54.7 Å². The lowest BCUT2D eigenvalue weighted by Crippen LogP contribution is -2.37. The smallest absolute Gasteiger partial charge is 0.187 e. The molecule has 0 aromatic heterocycles. The van der Waals surface area contributed by atoms with Crippen molar-refractivity contribution >= 4 is 167 Å². The molecule has 1 aliphatic carbocycles. The standard InChI is InChI=1S/C50H44Si2.C44H24N2.C42H30N2/c1-51(2,3)39-24-18-35(19-25-39)43-28-22-38-23-29-45-48(37-20-26-40(27-21-37)52(4,5)6)32-47(46-31-30-44(43)49(38)50(45)46)36-16-14-34(15-17-36)42-13-9-11-33-10-7-8-12-41(33)42;1-46-34-18-14-31(15-19-34)41-25-42(33-13-12-30-11-10-28-4-2-3-5-35(28)40(30)24-33)39-23-22-37-36(29-8-6-27(26-45)7-9-29)20-16-32-17-21-38(41)44(39)43(32)37;1-44-34-19-15-32(16-20-34)40-25-39(31-13-11-29(12-14-31)28-5-3-2-4-6-28)38-24-23-36-35(30-9-7-27(26-43)8-10-30)21-17-33-18-22-37(40)42(38)41(33)36/h7-32H,1-6H3;2-25H;7-25,28H,2-6H2. The number of nitriles is 2. The molecule has 670 valence electrons. The van der Waals surface area contributed by atoms with E-state index in [-0.39, 0.29) is 0 Å². The molecule has 0 spiro atoms. The molecule has 0 saturated heterocycles. The van der Waals surface area contributed by atoms with Crippen LogP contribution in [0.3, 0.4) is 0 Å². The van der Waals surface area contributed by atoms with Gasteiger partial charge >= 0.3 is 0 Å². The number of rotatable bonds is 13. The molecule has 1 fully saturated rings. The molecule has 0 unspecified atom stereocenters. The van der Waals surface area contributed by atoms with Crippen molar-refractivity contribution in [3.8, 4) is 123 Å². The molecule has 6 heteroatoms. The third kappa shape index (κ3) is 15.6. The van der Waals surface area contributed by atoms with Gasteiger partial charge in [-0.15, -0.1) is 0 Å². The molecule has 0 N–H and O–H groups in total. The first-order valence-electron chi connectivity index (χ1n) is 49.5. The molecule has 0 radical (unpaired) electrons. The summed E-state index contributed by atoms with van der Waals surface area (Å²) >= 11 is 0. The number of hydrogen-bond acceptors (Lipinski definition) is 2. The Morgan fingerprint density at radius 2 is 0.486 bits per heavy atom. The van der Waals surface area contributed by atoms with Gasteiger partial charge in [0, 0.05) is 0 Å². The molecule has 1 aliphatic rings. The largest absolute Gasteiger partial charge is 0.238 e. The van der Waals surface area contributed by atoms with Crippen LogP contribution in [0.25, 0.3) is 250 Å². The molecule has 0 bridgehead atoms. The molecule has 26 rings (SSSR count). The van der Waals surface area contributed by atoms with Crippen molar-refractivity contribution in [1.82, 2.24) is 0 Å². The number of fused-ring (bicyclic) bond motifs is 4. The highest BCUT2D eigenvalue weighted by atomic mass is 28.3. The molecular formula is C136H98N4Si2. The van der Waals surface area contributed by atoms with Crippen LogP contribution < -0.4 is 10.4 Å². The third-order valence-electron chi connectivity index (χ3n) is 30.4. The Labute approximate surface area is 830 Å². The summed E-state index contributed by atoms with van der Waals surface area (Å²) in [4.78, 5) is 7.26. The molecule has 25 aromatic rings. The van der Waals surface area contributed by atoms with Crippen LogP contribution in [-0.4, -0.2) is 16.1 Å². The maximum Gasteiger partial charge on any atom is 0.187 e. The number of hydrogen-bond donors (Lipinski definition) is 0. The first kappa shape index (κ1) is 87.6. The van der Waals surface area contributed by atoms with E-state index >= 15 is 0 Å². The van der Waals surface area contributed by atoms with Gasteiger partial charge in [-0.05, 0) is 313 Å². The van der Waals surface area contributed by atoms with Crippen molar-refractivity contribution in [2.75, 3.05) is 0 Å². The van der Waals surface area contributed by atoms with E-state index in [1.807, 2.05) is 72.8 Å². The predicted molar refractivity (Wildman–Crippen MR) is 611 cm³/mol. The molecule has 0 heterocycles. The molecule has 4 nitrogen and oxygen atoms in total. The van der Waals surface area contributed by atoms with E-state index in [2.05, 4.69) is 407 Å². The Kier molecular flexibility index (Phi) is 22.0. The second-order valence-corrected chi connectivity index (χ2v) is 50.8. The molecule has 25 aromatic carbocycles. The minimum absolute atomic E-state index is 0.634. The summed E-state index contributed by atoms with van der Waals surface area (Å²) in [5.74, 6) is 0.677. The highest BCUT2D eigenvalue weighted by Gasteiger charge is 2.27. The van der Waals surface area contributed by atoms with Gasteiger partial charge in [0.15, 0.2) is 11.4 Å². The summed E-state index contributed by atoms with van der Waals surface area (Å²) in [5.41, 5.74) is 28.1. The second kappa shape index (κ2) is 35.7. The van der Waals surface area contributed by atoms with Gasteiger partial charge < -0.3 is 0 Å². The van der Waals surface area contributed by atoms with E-state index in [0.717, 1.165) is 33.4 Å². The minimum Gasteiger partial charge on any atom is -0.238 e. The van der Waals surface area contributed by atoms with Gasteiger partial charge in [-0.3, -0.25) is 0 Å². The maximum absolute atomic E-state index is 9.37. The van der Waals surface area contributed by atoms with E-state index in [1.54, 1.807) is 0 Å². The van der Waals surface area contributed by atoms with Gasteiger partial charge in [-0.1, -0.05) is 439 Å². The average Bonchev–Trinajstić information content (AvgIpc) is 0.719. The van der Waals surface area contributed by atoms with Gasteiger partial charge in [0.05, 0.1) is 52.6 Å². The summed E-state index contributed by atoms with van der Waals surface area (Å²) < 4.78 is 0. The summed E-state index contributed by atoms with van der Waals surface area (Å²) in [6.45, 7) is 29.5. The molecular weight excluding hydrogens is 1750 g/mol. The fourth-order valence-corrected chi connectivity index (χ4v) is 25.2. The van der Waals surface area contributed by atoms with Gasteiger partial charge in [-0.25, -0.2) is 9.69 Å². The predicted octanol–water partition coefficient (Wildman–Crippen LogP) is 37.9. The number of benzene rings is 25. The Bertz CT molecular complexity index is 9480. The van der Waals surface area contributed by atoms with Crippen molar-refractivity contribution in [2.45, 2.75) is 77.3 Å². The maximum atomic E-state index is 9.37. The van der Waals surface area contributed by atoms with Crippen molar-refractivity contribution in [3.05, 3.63) is 458 Å². The quantitative estimate of drug-likeness (QED) is 0.0656. The fraction of sp³-hybridized carbons (Fsp3) is 0.0882. The Morgan fingerprint density at radius 3 is 0.859 bits per heavy atom. The second-order valence-electron chi connectivity index (χ2n) is 40.6. The van der Waals surface area contributed by atoms with Crippen LogP contribution in [0, 0.1) is 35.8 Å². The van der Waals surface area contributed by atoms with Crippen molar-refractivity contribution in [3.63, 3.8) is 0 Å². The third-order valence-corrected chi connectivity index (χ3v) is 34.5. The van der Waals surface area contributed by atoms with Crippen LogP contribution in [0.2, 0.25) is 39.3 Å². The van der Waals surface area contributed by atoms with Crippen LogP contribution in [0.15, 0.2) is 419 Å². The van der Waals surface area contributed by atoms with E-state index in [1.165, 1.54) is 255 Å². The Morgan fingerprint density at radius 1 is 0.218 bits per heavy atom. The van der Waals surface area contributed by atoms with E-state index in [4.69, 9.17) is 13.1 Å². The van der Waals surface area contributed by atoms with E-state index < -0.39 is 16.1 Å². The summed E-state index contributed by atoms with van der Waals surface area (Å²) in [5, 5.41) is 51.9. The lowest BCUT2D eigenvalue weighted by atomic mass is 9.82. The highest BCUT2D eigenvalue weighted by molar-refractivity contribution is 6.89. The van der Waals surface area contributed by atoms with Crippen LogP contribution in [0.4, 0.5) is 11.4 Å². The lowest BCUT2D eigenvalue weighted by molar-refractivity contribution is 0.443. The number of nitrogens with zero attached hydrogens (tertiary/aromatic N) is 4. The van der Waals surface area contributed by atoms with Crippen molar-refractivity contribution in [2.24, 2.45) is 0 Å². The first-order valence-corrected chi connectivity index (χ1v) is 56.5. The Balaban J connectivity index is 0.000000115. The van der Waals surface area contributed by atoms with Crippen molar-refractivity contribution in [1.29, 1.82) is 10.5 Å². The molecule has 142 heavy (non-hydrogen) atoms. The zero-order valence-corrected chi connectivity index (χ0v) is 82.2. The summed E-state index contributed by atoms with van der Waals surface area (Å²) in [6, 6.07) is 157. The van der Waals surface area contributed by atoms with Gasteiger partial charge in [0.2, 0.25) is 0 Å². The lowest BCUT2D eigenvalue weighted by Gasteiger charge is -2.22. The molecule has 0 amide bonds. The Hall–Kier alpha value is -17.2. The molecule has 0 aliphatic heterocycles. The van der Waals surface area contributed by atoms with Gasteiger partial charge in [-0.2, -0.15) is 10.5 Å². The minimum atomic E-state index is -1.43. The van der Waals surface area contributed by atoms with Crippen LogP contribution in [0.5, 0.6) is 0 Å². The molecule has 0 atom stereocenters. The fourth-order valence-electron chi connectivity index (χ4n) is 22.9. The van der Waals surface area contributed by atoms with Crippen LogP contribution in [-0.2, 0) is 0 Å². The average molecular weight is 1840 g/mol. The van der Waals surface area contributed by atoms with Crippen molar-refractivity contribution < 1.29 is 0 Å². The SMILES string of the molecule is C[Si](C)(C)c1ccc(-c2ccc3ccc4c(-c5ccc([Si](C)(C)C)cc5)cc(-c5ccc(-c6cccc7ccccc67)cc5)c5ccc2c3c45)cc1.[C-]#[N+]c1ccc(-c2cc(-c3ccc(C4CCCCC4)cc3)c3ccc4c(-c5ccc(C#N)cc5)ccc5ccc2c3c54)cc1.[C-]#[N+]c1ccc(-c2cc(-c3ccc4ccc5ccccc5c4c3)c3ccc4c(-c5ccc(C#N)cc5)ccc5ccc2c3c54)cc1. The summed E-state index contributed by atoms with van der Waals surface area (Å²) in [7, 11) is -2.82. The topological polar surface area (TPSA) is 56.3 Å². The van der Waals surface area contributed by atoms with E-state index in [0.29, 0.717) is 28.4 Å². The van der Waals surface area contributed by atoms with Gasteiger partial charge in [0.25, 0.3) is 0 Å². The first-order chi connectivity index (χ1) is 69.4. The monoisotopic (exact) mass is 1840 g/mol. The normalized spacial score (nSPS) is 12.5. The zero-order chi connectivity index (χ0) is 96.2. The van der Waals surface area contributed by atoms with Crippen LogP contribution >= 0.6 is 0 Å².